The fraction of sp³-hybridized carbons (Fsp3) is 0.391. The first kappa shape index (κ1) is 25.4. The molecule has 1 amide bonds. The molecule has 8 nitrogen and oxygen atoms in total. The third-order valence-electron chi connectivity index (χ3n) is 4.51. The van der Waals surface area contributed by atoms with E-state index >= 15 is 0 Å². The van der Waals surface area contributed by atoms with Crippen molar-refractivity contribution in [1.29, 1.82) is 0 Å². The van der Waals surface area contributed by atoms with E-state index in [9.17, 15) is 18.0 Å². The van der Waals surface area contributed by atoms with Crippen LogP contribution in [0.25, 0.3) is 0 Å². The number of sulfonamides is 1. The Morgan fingerprint density at radius 1 is 1.03 bits per heavy atom. The summed E-state index contributed by atoms with van der Waals surface area (Å²) in [5, 5.41) is 2.77. The van der Waals surface area contributed by atoms with Crippen molar-refractivity contribution in [2.45, 2.75) is 58.1 Å². The predicted molar refractivity (Wildman–Crippen MR) is 122 cm³/mol. The molecule has 0 saturated carbocycles. The topological polar surface area (TPSA) is 111 Å². The molecule has 0 aliphatic heterocycles. The van der Waals surface area contributed by atoms with Gasteiger partial charge in [0, 0.05) is 11.2 Å². The lowest BCUT2D eigenvalue weighted by Crippen LogP contribution is -2.40. The van der Waals surface area contributed by atoms with Gasteiger partial charge in [-0.1, -0.05) is 18.2 Å². The van der Waals surface area contributed by atoms with Crippen molar-refractivity contribution in [2.75, 3.05) is 12.4 Å². The van der Waals surface area contributed by atoms with Crippen LogP contribution in [0.1, 0.15) is 49.2 Å². The fourth-order valence-electron chi connectivity index (χ4n) is 2.99. The Morgan fingerprint density at radius 2 is 1.62 bits per heavy atom. The van der Waals surface area contributed by atoms with Gasteiger partial charge in [0.15, 0.2) is 6.10 Å². The number of hydrogen-bond acceptors (Lipinski definition) is 6. The van der Waals surface area contributed by atoms with Gasteiger partial charge in [0.1, 0.15) is 10.6 Å². The predicted octanol–water partition coefficient (Wildman–Crippen LogP) is 3.57. The maximum Gasteiger partial charge on any atom is 0.338 e. The number of anilines is 1. The molecule has 0 spiro atoms. The molecule has 32 heavy (non-hydrogen) atoms. The summed E-state index contributed by atoms with van der Waals surface area (Å²) in [6.45, 7) is 10.3. The molecule has 2 aromatic rings. The molecule has 2 aromatic carbocycles. The largest absolute Gasteiger partial charge is 0.495 e. The standard InChI is InChI=1S/C23H30N2O6S/c1-14-9-8-10-15(2)20(14)24-21(26)16(3)31-22(27)17-11-12-18(30-7)19(13-17)32(28,29)25-23(4,5)6/h8-13,16,25H,1-7H3,(H,24,26). The normalized spacial score (nSPS) is 12.7. The Labute approximate surface area is 189 Å². The number of esters is 1. The Balaban J connectivity index is 2.23. The molecule has 2 rings (SSSR count). The highest BCUT2D eigenvalue weighted by molar-refractivity contribution is 7.89. The number of ether oxygens (including phenoxy) is 2. The van der Waals surface area contributed by atoms with Crippen molar-refractivity contribution in [3.8, 4) is 5.75 Å². The number of para-hydroxylation sites is 1. The van der Waals surface area contributed by atoms with Crippen LogP contribution in [0, 0.1) is 13.8 Å². The third kappa shape index (κ3) is 6.30. The molecular weight excluding hydrogens is 432 g/mol. The zero-order valence-electron chi connectivity index (χ0n) is 19.4. The molecule has 0 aliphatic rings. The molecule has 174 valence electrons. The van der Waals surface area contributed by atoms with Gasteiger partial charge in [-0.3, -0.25) is 4.79 Å². The first-order chi connectivity index (χ1) is 14.7. The zero-order chi connectivity index (χ0) is 24.3. The van der Waals surface area contributed by atoms with Crippen molar-refractivity contribution in [2.24, 2.45) is 0 Å². The summed E-state index contributed by atoms with van der Waals surface area (Å²) in [7, 11) is -2.64. The van der Waals surface area contributed by atoms with Gasteiger partial charge in [-0.05, 0) is 70.9 Å². The molecular formula is C23H30N2O6S. The minimum atomic E-state index is -3.97. The number of carbonyl (C=O) groups excluding carboxylic acids is 2. The second-order valence-electron chi connectivity index (χ2n) is 8.52. The minimum Gasteiger partial charge on any atom is -0.495 e. The van der Waals surface area contributed by atoms with E-state index in [0.717, 1.165) is 11.1 Å². The summed E-state index contributed by atoms with van der Waals surface area (Å²) >= 11 is 0. The van der Waals surface area contributed by atoms with E-state index in [4.69, 9.17) is 9.47 Å². The highest BCUT2D eigenvalue weighted by atomic mass is 32.2. The van der Waals surface area contributed by atoms with E-state index < -0.39 is 33.5 Å². The van der Waals surface area contributed by atoms with Gasteiger partial charge in [0.2, 0.25) is 10.0 Å². The van der Waals surface area contributed by atoms with E-state index in [0.29, 0.717) is 5.69 Å². The van der Waals surface area contributed by atoms with Gasteiger partial charge in [-0.2, -0.15) is 0 Å². The maximum absolute atomic E-state index is 12.8. The van der Waals surface area contributed by atoms with E-state index in [2.05, 4.69) is 10.0 Å². The van der Waals surface area contributed by atoms with Crippen LogP contribution < -0.4 is 14.8 Å². The second-order valence-corrected chi connectivity index (χ2v) is 10.2. The number of aryl methyl sites for hydroxylation is 2. The van der Waals surface area contributed by atoms with Gasteiger partial charge in [-0.25, -0.2) is 17.9 Å². The van der Waals surface area contributed by atoms with Crippen LogP contribution >= 0.6 is 0 Å². The Bertz CT molecular complexity index is 1100. The van der Waals surface area contributed by atoms with Crippen LogP contribution in [0.15, 0.2) is 41.3 Å². The molecule has 0 heterocycles. The summed E-state index contributed by atoms with van der Waals surface area (Å²) in [5.74, 6) is -1.24. The summed E-state index contributed by atoms with van der Waals surface area (Å²) in [6, 6.07) is 9.54. The van der Waals surface area contributed by atoms with E-state index in [1.165, 1.54) is 32.2 Å². The fourth-order valence-corrected chi connectivity index (χ4v) is 4.60. The number of nitrogens with one attached hydrogen (secondary N) is 2. The Morgan fingerprint density at radius 3 is 2.16 bits per heavy atom. The lowest BCUT2D eigenvalue weighted by Gasteiger charge is -2.21. The first-order valence-corrected chi connectivity index (χ1v) is 11.5. The molecule has 1 atom stereocenters. The summed E-state index contributed by atoms with van der Waals surface area (Å²) < 4.78 is 38.5. The lowest BCUT2D eigenvalue weighted by atomic mass is 10.1. The van der Waals surface area contributed by atoms with E-state index in [-0.39, 0.29) is 16.2 Å². The number of rotatable bonds is 7. The number of methoxy groups -OCH3 is 1. The van der Waals surface area contributed by atoms with Crippen LogP contribution in [-0.4, -0.2) is 39.0 Å². The van der Waals surface area contributed by atoms with Crippen molar-refractivity contribution in [3.05, 3.63) is 53.1 Å². The van der Waals surface area contributed by atoms with Crippen molar-refractivity contribution >= 4 is 27.6 Å². The Kier molecular flexibility index (Phi) is 7.69. The van der Waals surface area contributed by atoms with Crippen LogP contribution in [0.5, 0.6) is 5.75 Å². The van der Waals surface area contributed by atoms with Gasteiger partial charge in [0.25, 0.3) is 5.91 Å². The average Bonchev–Trinajstić information content (AvgIpc) is 2.68. The molecule has 0 saturated heterocycles. The number of amides is 1. The zero-order valence-corrected chi connectivity index (χ0v) is 20.2. The molecule has 0 aromatic heterocycles. The number of benzene rings is 2. The van der Waals surface area contributed by atoms with Gasteiger partial charge < -0.3 is 14.8 Å². The monoisotopic (exact) mass is 462 g/mol. The molecule has 1 unspecified atom stereocenters. The lowest BCUT2D eigenvalue weighted by molar-refractivity contribution is -0.123. The SMILES string of the molecule is COc1ccc(C(=O)OC(C)C(=O)Nc2c(C)cccc2C)cc1S(=O)(=O)NC(C)(C)C. The van der Waals surface area contributed by atoms with E-state index in [1.54, 1.807) is 20.8 Å². The van der Waals surface area contributed by atoms with E-state index in [1.807, 2.05) is 32.0 Å². The van der Waals surface area contributed by atoms with Crippen molar-refractivity contribution < 1.29 is 27.5 Å². The summed E-state index contributed by atoms with van der Waals surface area (Å²) in [5.41, 5.74) is 1.67. The van der Waals surface area contributed by atoms with Crippen LogP contribution in [0.2, 0.25) is 0 Å². The summed E-state index contributed by atoms with van der Waals surface area (Å²) in [6.07, 6.45) is -1.10. The third-order valence-corrected chi connectivity index (χ3v) is 6.29. The molecule has 9 heteroatoms. The number of carbonyl (C=O) groups is 2. The average molecular weight is 463 g/mol. The molecule has 0 radical (unpaired) electrons. The second kappa shape index (κ2) is 9.70. The van der Waals surface area contributed by atoms with Crippen LogP contribution in [0.4, 0.5) is 5.69 Å². The van der Waals surface area contributed by atoms with Gasteiger partial charge in [0.05, 0.1) is 12.7 Å². The minimum absolute atomic E-state index is 0.0215. The van der Waals surface area contributed by atoms with Crippen LogP contribution in [-0.2, 0) is 19.6 Å². The maximum atomic E-state index is 12.8. The highest BCUT2D eigenvalue weighted by Crippen LogP contribution is 2.27. The Hall–Kier alpha value is -2.91. The quantitative estimate of drug-likeness (QED) is 0.609. The van der Waals surface area contributed by atoms with Gasteiger partial charge in [-0.15, -0.1) is 0 Å². The van der Waals surface area contributed by atoms with Crippen LogP contribution in [0.3, 0.4) is 0 Å². The van der Waals surface area contributed by atoms with Crippen molar-refractivity contribution in [1.82, 2.24) is 4.72 Å². The highest BCUT2D eigenvalue weighted by Gasteiger charge is 2.27. The molecule has 0 aliphatic carbocycles. The van der Waals surface area contributed by atoms with Crippen molar-refractivity contribution in [3.63, 3.8) is 0 Å². The van der Waals surface area contributed by atoms with Gasteiger partial charge >= 0.3 is 5.97 Å². The smallest absolute Gasteiger partial charge is 0.338 e. The summed E-state index contributed by atoms with van der Waals surface area (Å²) in [4.78, 5) is 25.0. The molecule has 2 N–H and O–H groups in total. The molecule has 0 bridgehead atoms. The molecule has 0 fully saturated rings. The first-order valence-electron chi connectivity index (χ1n) is 10.1. The number of hydrogen-bond donors (Lipinski definition) is 2.